The highest BCUT2D eigenvalue weighted by atomic mass is 35.5. The Balaban J connectivity index is 1.79. The van der Waals surface area contributed by atoms with Crippen LogP contribution in [0.1, 0.15) is 16.5 Å². The lowest BCUT2D eigenvalue weighted by Gasteiger charge is -2.20. The van der Waals surface area contributed by atoms with E-state index in [1.54, 1.807) is 23.1 Å². The number of rotatable bonds is 3. The number of benzene rings is 1. The van der Waals surface area contributed by atoms with Crippen LogP contribution in [0, 0.1) is 5.82 Å². The Kier molecular flexibility index (Phi) is 5.32. The van der Waals surface area contributed by atoms with Crippen LogP contribution in [0.5, 0.6) is 0 Å². The number of hydrogen-bond acceptors (Lipinski definition) is 4. The number of hydrogen-bond donors (Lipinski definition) is 0. The number of thiophene rings is 1. The summed E-state index contributed by atoms with van der Waals surface area (Å²) in [5.41, 5.74) is 0. The van der Waals surface area contributed by atoms with Crippen molar-refractivity contribution >= 4 is 44.7 Å². The first-order valence-electron chi connectivity index (χ1n) is 7.08. The quantitative estimate of drug-likeness (QED) is 0.777. The van der Waals surface area contributed by atoms with E-state index in [4.69, 9.17) is 11.6 Å². The van der Waals surface area contributed by atoms with Gasteiger partial charge < -0.3 is 0 Å². The molecule has 3 rings (SSSR count). The third-order valence-corrected chi connectivity index (χ3v) is 8.32. The van der Waals surface area contributed by atoms with Crippen LogP contribution in [0.25, 0.3) is 0 Å². The monoisotopic (exact) mass is 391 g/mol. The molecule has 0 radical (unpaired) electrons. The summed E-state index contributed by atoms with van der Waals surface area (Å²) in [7, 11) is -3.64. The van der Waals surface area contributed by atoms with E-state index in [9.17, 15) is 12.8 Å². The van der Waals surface area contributed by atoms with Crippen molar-refractivity contribution in [2.75, 3.05) is 18.8 Å². The smallest absolute Gasteiger partial charge is 0.207 e. The minimum absolute atomic E-state index is 0.0449. The summed E-state index contributed by atoms with van der Waals surface area (Å²) in [6.07, 6.45) is 0.763. The first-order valence-corrected chi connectivity index (χ1v) is 10.8. The zero-order chi connectivity index (χ0) is 16.4. The zero-order valence-corrected chi connectivity index (χ0v) is 15.3. The second-order valence-electron chi connectivity index (χ2n) is 5.14. The van der Waals surface area contributed by atoms with E-state index in [1.165, 1.54) is 21.3 Å². The van der Waals surface area contributed by atoms with Gasteiger partial charge in [0.25, 0.3) is 0 Å². The van der Waals surface area contributed by atoms with Gasteiger partial charge in [-0.2, -0.15) is 16.1 Å². The summed E-state index contributed by atoms with van der Waals surface area (Å²) in [6.45, 7) is 0.900. The molecule has 23 heavy (non-hydrogen) atoms. The maximum Gasteiger partial charge on any atom is 0.243 e. The van der Waals surface area contributed by atoms with Crippen LogP contribution in [-0.2, 0) is 10.0 Å². The summed E-state index contributed by atoms with van der Waals surface area (Å²) in [6, 6.07) is 7.65. The number of thioether (sulfide) groups is 1. The highest BCUT2D eigenvalue weighted by Crippen LogP contribution is 2.37. The van der Waals surface area contributed by atoms with E-state index in [0.717, 1.165) is 18.2 Å². The topological polar surface area (TPSA) is 37.4 Å². The molecule has 0 N–H and O–H groups in total. The summed E-state index contributed by atoms with van der Waals surface area (Å²) in [4.78, 5) is 1.32. The van der Waals surface area contributed by atoms with Gasteiger partial charge in [-0.25, -0.2) is 12.8 Å². The third-order valence-electron chi connectivity index (χ3n) is 3.69. The van der Waals surface area contributed by atoms with Crippen molar-refractivity contribution in [3.05, 3.63) is 51.4 Å². The second kappa shape index (κ2) is 7.11. The maximum absolute atomic E-state index is 13.3. The van der Waals surface area contributed by atoms with Gasteiger partial charge in [-0.1, -0.05) is 17.7 Å². The third kappa shape index (κ3) is 3.74. The van der Waals surface area contributed by atoms with Crippen molar-refractivity contribution in [3.63, 3.8) is 0 Å². The second-order valence-corrected chi connectivity index (χ2v) is 9.78. The molecule has 0 spiro atoms. The molecule has 1 aromatic carbocycles. The van der Waals surface area contributed by atoms with Crippen molar-refractivity contribution in [3.8, 4) is 0 Å². The molecular weight excluding hydrogens is 377 g/mol. The SMILES string of the molecule is O=S(=O)(c1ccc(F)c(Cl)c1)N1CCSC(c2cccs2)CC1. The van der Waals surface area contributed by atoms with Crippen LogP contribution < -0.4 is 0 Å². The Hall–Kier alpha value is -0.600. The summed E-state index contributed by atoms with van der Waals surface area (Å²) in [5.74, 6) is 0.117. The fourth-order valence-corrected chi connectivity index (χ4v) is 6.56. The minimum Gasteiger partial charge on any atom is -0.207 e. The molecule has 2 heterocycles. The number of sulfonamides is 1. The van der Waals surface area contributed by atoms with Crippen LogP contribution >= 0.6 is 34.7 Å². The Bertz CT molecular complexity index is 780. The van der Waals surface area contributed by atoms with Crippen LogP contribution in [0.4, 0.5) is 4.39 Å². The van der Waals surface area contributed by atoms with Gasteiger partial charge in [0, 0.05) is 29.0 Å². The van der Waals surface area contributed by atoms with Gasteiger partial charge in [0.05, 0.1) is 9.92 Å². The number of halogens is 2. The van der Waals surface area contributed by atoms with E-state index in [1.807, 2.05) is 11.4 Å². The Morgan fingerprint density at radius 2 is 2.09 bits per heavy atom. The van der Waals surface area contributed by atoms with Gasteiger partial charge >= 0.3 is 0 Å². The van der Waals surface area contributed by atoms with Gasteiger partial charge in [-0.3, -0.25) is 0 Å². The zero-order valence-electron chi connectivity index (χ0n) is 12.1. The normalized spacial score (nSPS) is 20.3. The molecule has 2 aromatic rings. The molecule has 0 amide bonds. The van der Waals surface area contributed by atoms with Gasteiger partial charge in [-0.15, -0.1) is 11.3 Å². The Morgan fingerprint density at radius 3 is 2.78 bits per heavy atom. The first-order chi connectivity index (χ1) is 11.0. The van der Waals surface area contributed by atoms with Gasteiger partial charge in [0.15, 0.2) is 0 Å². The summed E-state index contributed by atoms with van der Waals surface area (Å²) >= 11 is 9.20. The maximum atomic E-state index is 13.3. The Labute approximate surface area is 148 Å². The van der Waals surface area contributed by atoms with E-state index < -0.39 is 15.8 Å². The predicted molar refractivity (Wildman–Crippen MR) is 94.3 cm³/mol. The largest absolute Gasteiger partial charge is 0.243 e. The van der Waals surface area contributed by atoms with Gasteiger partial charge in [0.2, 0.25) is 10.0 Å². The average molecular weight is 392 g/mol. The molecule has 1 saturated heterocycles. The van der Waals surface area contributed by atoms with Crippen molar-refractivity contribution in [2.24, 2.45) is 0 Å². The first kappa shape index (κ1) is 17.2. The lowest BCUT2D eigenvalue weighted by Crippen LogP contribution is -2.33. The standard InChI is InChI=1S/C15H15ClFNO2S3/c16-12-10-11(3-4-13(12)17)23(19,20)18-6-5-15(22-9-7-18)14-2-1-8-21-14/h1-4,8,10,15H,5-7,9H2. The van der Waals surface area contributed by atoms with E-state index >= 15 is 0 Å². The highest BCUT2D eigenvalue weighted by Gasteiger charge is 2.29. The molecule has 0 aliphatic carbocycles. The van der Waals surface area contributed by atoms with E-state index in [2.05, 4.69) is 6.07 Å². The molecule has 0 bridgehead atoms. The van der Waals surface area contributed by atoms with E-state index in [-0.39, 0.29) is 9.92 Å². The highest BCUT2D eigenvalue weighted by molar-refractivity contribution is 7.99. The molecule has 1 unspecified atom stereocenters. The molecule has 1 aromatic heterocycles. The van der Waals surface area contributed by atoms with Crippen LogP contribution in [0.15, 0.2) is 40.6 Å². The van der Waals surface area contributed by atoms with Crippen LogP contribution in [0.3, 0.4) is 0 Å². The predicted octanol–water partition coefficient (Wildman–Crippen LogP) is 4.41. The molecule has 124 valence electrons. The van der Waals surface area contributed by atoms with Gasteiger partial charge in [-0.05, 0) is 36.1 Å². The molecule has 3 nitrogen and oxygen atoms in total. The molecule has 1 atom stereocenters. The lowest BCUT2D eigenvalue weighted by molar-refractivity contribution is 0.428. The van der Waals surface area contributed by atoms with Gasteiger partial charge in [0.1, 0.15) is 5.82 Å². The number of nitrogens with zero attached hydrogens (tertiary/aromatic N) is 1. The van der Waals surface area contributed by atoms with Crippen molar-refractivity contribution in [1.82, 2.24) is 4.31 Å². The molecule has 0 saturated carbocycles. The summed E-state index contributed by atoms with van der Waals surface area (Å²) < 4.78 is 40.2. The fraction of sp³-hybridized carbons (Fsp3) is 0.333. The van der Waals surface area contributed by atoms with Crippen molar-refractivity contribution in [1.29, 1.82) is 0 Å². The van der Waals surface area contributed by atoms with E-state index in [0.29, 0.717) is 18.3 Å². The molecule has 1 aliphatic rings. The van der Waals surface area contributed by atoms with Crippen molar-refractivity contribution < 1.29 is 12.8 Å². The molecular formula is C15H15ClFNO2S3. The Morgan fingerprint density at radius 1 is 1.26 bits per heavy atom. The molecule has 1 fully saturated rings. The molecule has 8 heteroatoms. The fourth-order valence-electron chi connectivity index (χ4n) is 2.48. The van der Waals surface area contributed by atoms with Crippen LogP contribution in [0.2, 0.25) is 5.02 Å². The van der Waals surface area contributed by atoms with Crippen LogP contribution in [-0.4, -0.2) is 31.6 Å². The van der Waals surface area contributed by atoms with Crippen molar-refractivity contribution in [2.45, 2.75) is 16.6 Å². The minimum atomic E-state index is -3.64. The lowest BCUT2D eigenvalue weighted by atomic mass is 10.2. The average Bonchev–Trinajstić information content (AvgIpc) is 2.94. The molecule has 1 aliphatic heterocycles. The summed E-state index contributed by atoms with van der Waals surface area (Å²) in [5, 5.41) is 2.19.